The maximum absolute atomic E-state index is 12.4. The van der Waals surface area contributed by atoms with Crippen molar-refractivity contribution in [2.24, 2.45) is 0 Å². The minimum Gasteiger partial charge on any atom is -0.495 e. The maximum Gasteiger partial charge on any atom is 0.244 e. The second kappa shape index (κ2) is 6.55. The number of methoxy groups -OCH3 is 1. The Hall–Kier alpha value is -0.440. The van der Waals surface area contributed by atoms with Gasteiger partial charge in [-0.3, -0.25) is 0 Å². The fraction of sp³-hybridized carbons (Fsp3) is 0.500. The number of thioether (sulfide) groups is 1. The van der Waals surface area contributed by atoms with E-state index in [2.05, 4.69) is 20.7 Å². The van der Waals surface area contributed by atoms with Crippen molar-refractivity contribution >= 4 is 43.4 Å². The molecule has 1 unspecified atom stereocenters. The summed E-state index contributed by atoms with van der Waals surface area (Å²) in [6.07, 6.45) is 2.19. The van der Waals surface area contributed by atoms with Gasteiger partial charge in [0.25, 0.3) is 0 Å². The first kappa shape index (κ1) is 15.9. The molecule has 0 aromatic heterocycles. The van der Waals surface area contributed by atoms with Gasteiger partial charge in [-0.2, -0.15) is 11.8 Å². The Morgan fingerprint density at radius 3 is 2.90 bits per heavy atom. The Balaban J connectivity index is 2.21. The number of nitrogen functional groups attached to an aromatic ring is 1. The van der Waals surface area contributed by atoms with E-state index in [9.17, 15) is 8.42 Å². The molecular formula is C12H17BrN2O3S2. The van der Waals surface area contributed by atoms with Crippen molar-refractivity contribution in [1.29, 1.82) is 0 Å². The average Bonchev–Trinajstić information content (AvgIpc) is 2.92. The molecule has 1 aromatic rings. The van der Waals surface area contributed by atoms with Crippen molar-refractivity contribution in [3.05, 3.63) is 16.6 Å². The first-order chi connectivity index (χ1) is 9.44. The number of sulfonamides is 1. The number of rotatable bonds is 5. The van der Waals surface area contributed by atoms with Crippen LogP contribution in [0.25, 0.3) is 0 Å². The Morgan fingerprint density at radius 2 is 2.30 bits per heavy atom. The van der Waals surface area contributed by atoms with Crippen LogP contribution in [0.15, 0.2) is 21.5 Å². The number of nitrogens with one attached hydrogen (secondary N) is 1. The van der Waals surface area contributed by atoms with Crippen LogP contribution in [0.2, 0.25) is 0 Å². The summed E-state index contributed by atoms with van der Waals surface area (Å²) in [5, 5.41) is 0.351. The summed E-state index contributed by atoms with van der Waals surface area (Å²) in [6.45, 7) is 0.437. The highest BCUT2D eigenvalue weighted by molar-refractivity contribution is 9.10. The van der Waals surface area contributed by atoms with E-state index in [-0.39, 0.29) is 10.6 Å². The highest BCUT2D eigenvalue weighted by Crippen LogP contribution is 2.32. The number of ether oxygens (including phenoxy) is 1. The van der Waals surface area contributed by atoms with Crippen LogP contribution in [-0.4, -0.2) is 33.1 Å². The SMILES string of the molecule is COc1cc(Br)c(N)cc1S(=O)(=O)NCC1CCCS1. The van der Waals surface area contributed by atoms with E-state index >= 15 is 0 Å². The van der Waals surface area contributed by atoms with E-state index < -0.39 is 10.0 Å². The van der Waals surface area contributed by atoms with Crippen molar-refractivity contribution in [1.82, 2.24) is 4.72 Å². The van der Waals surface area contributed by atoms with Crippen molar-refractivity contribution in [3.8, 4) is 5.75 Å². The van der Waals surface area contributed by atoms with Crippen LogP contribution in [0.5, 0.6) is 5.75 Å². The fourth-order valence-corrected chi connectivity index (χ4v) is 4.90. The third-order valence-electron chi connectivity index (χ3n) is 3.10. The van der Waals surface area contributed by atoms with E-state index in [0.29, 0.717) is 22.0 Å². The number of benzene rings is 1. The van der Waals surface area contributed by atoms with Crippen molar-refractivity contribution in [3.63, 3.8) is 0 Å². The summed E-state index contributed by atoms with van der Waals surface area (Å²) in [5.74, 6) is 1.37. The predicted octanol–water partition coefficient (Wildman–Crippen LogP) is 2.21. The van der Waals surface area contributed by atoms with Gasteiger partial charge in [-0.25, -0.2) is 13.1 Å². The average molecular weight is 381 g/mol. The Morgan fingerprint density at radius 1 is 1.55 bits per heavy atom. The molecule has 1 heterocycles. The maximum atomic E-state index is 12.4. The molecule has 1 aliphatic rings. The molecule has 1 fully saturated rings. The quantitative estimate of drug-likeness (QED) is 0.765. The molecule has 112 valence electrons. The van der Waals surface area contributed by atoms with Gasteiger partial charge in [0.2, 0.25) is 10.0 Å². The smallest absolute Gasteiger partial charge is 0.244 e. The standard InChI is InChI=1S/C12H17BrN2O3S2/c1-18-11-5-9(13)10(14)6-12(11)20(16,17)15-7-8-3-2-4-19-8/h5-6,8,15H,2-4,7,14H2,1H3. The molecule has 1 aliphatic heterocycles. The first-order valence-electron chi connectivity index (χ1n) is 6.18. The predicted molar refractivity (Wildman–Crippen MR) is 85.8 cm³/mol. The number of anilines is 1. The van der Waals surface area contributed by atoms with Gasteiger partial charge >= 0.3 is 0 Å². The van der Waals surface area contributed by atoms with Crippen LogP contribution in [0.1, 0.15) is 12.8 Å². The van der Waals surface area contributed by atoms with Gasteiger partial charge in [0, 0.05) is 22.0 Å². The van der Waals surface area contributed by atoms with Crippen LogP contribution < -0.4 is 15.2 Å². The number of halogens is 1. The lowest BCUT2D eigenvalue weighted by Crippen LogP contribution is -2.30. The molecule has 0 spiro atoms. The normalized spacial score (nSPS) is 19.2. The lowest BCUT2D eigenvalue weighted by Gasteiger charge is -2.14. The van der Waals surface area contributed by atoms with Crippen LogP contribution >= 0.6 is 27.7 Å². The molecule has 0 bridgehead atoms. The molecule has 8 heteroatoms. The highest BCUT2D eigenvalue weighted by Gasteiger charge is 2.23. The minimum atomic E-state index is -3.62. The van der Waals surface area contributed by atoms with E-state index in [0.717, 1.165) is 18.6 Å². The molecular weight excluding hydrogens is 364 g/mol. The minimum absolute atomic E-state index is 0.0729. The van der Waals surface area contributed by atoms with Crippen LogP contribution in [0.3, 0.4) is 0 Å². The largest absolute Gasteiger partial charge is 0.495 e. The molecule has 5 nitrogen and oxygen atoms in total. The molecule has 20 heavy (non-hydrogen) atoms. The molecule has 0 aliphatic carbocycles. The molecule has 1 atom stereocenters. The van der Waals surface area contributed by atoms with Crippen LogP contribution in [0, 0.1) is 0 Å². The van der Waals surface area contributed by atoms with Crippen LogP contribution in [-0.2, 0) is 10.0 Å². The monoisotopic (exact) mass is 380 g/mol. The van der Waals surface area contributed by atoms with Gasteiger partial charge in [-0.15, -0.1) is 0 Å². The number of hydrogen-bond donors (Lipinski definition) is 2. The highest BCUT2D eigenvalue weighted by atomic mass is 79.9. The Labute approximate surface area is 131 Å². The third-order valence-corrected chi connectivity index (χ3v) is 6.63. The molecule has 0 amide bonds. The molecule has 1 aromatic carbocycles. The zero-order valence-corrected chi connectivity index (χ0v) is 14.3. The van der Waals surface area contributed by atoms with E-state index in [1.807, 2.05) is 0 Å². The summed E-state index contributed by atoms with van der Waals surface area (Å²) in [7, 11) is -2.18. The van der Waals surface area contributed by atoms with Gasteiger partial charge in [0.05, 0.1) is 7.11 Å². The third kappa shape index (κ3) is 3.60. The van der Waals surface area contributed by atoms with Crippen LogP contribution in [0.4, 0.5) is 5.69 Å². The van der Waals surface area contributed by atoms with E-state index in [1.54, 1.807) is 17.8 Å². The lowest BCUT2D eigenvalue weighted by molar-refractivity contribution is 0.402. The summed E-state index contributed by atoms with van der Waals surface area (Å²) in [6, 6.07) is 2.97. The molecule has 0 saturated carbocycles. The number of nitrogens with two attached hydrogens (primary N) is 1. The molecule has 2 rings (SSSR count). The van der Waals surface area contributed by atoms with Crippen molar-refractivity contribution in [2.75, 3.05) is 25.1 Å². The fourth-order valence-electron chi connectivity index (χ4n) is 2.01. The molecule has 1 saturated heterocycles. The van der Waals surface area contributed by atoms with E-state index in [4.69, 9.17) is 10.5 Å². The van der Waals surface area contributed by atoms with E-state index in [1.165, 1.54) is 13.2 Å². The second-order valence-corrected chi connectivity index (χ2v) is 8.51. The number of hydrogen-bond acceptors (Lipinski definition) is 5. The van der Waals surface area contributed by atoms with Gasteiger partial charge < -0.3 is 10.5 Å². The summed E-state index contributed by atoms with van der Waals surface area (Å²) in [4.78, 5) is 0.0729. The van der Waals surface area contributed by atoms with Gasteiger partial charge in [-0.1, -0.05) is 0 Å². The van der Waals surface area contributed by atoms with Gasteiger partial charge in [0.15, 0.2) is 0 Å². The van der Waals surface area contributed by atoms with Gasteiger partial charge in [0.1, 0.15) is 10.6 Å². The first-order valence-corrected chi connectivity index (χ1v) is 9.51. The Bertz CT molecular complexity index is 587. The topological polar surface area (TPSA) is 81.4 Å². The summed E-state index contributed by atoms with van der Waals surface area (Å²) >= 11 is 5.06. The van der Waals surface area contributed by atoms with Crippen molar-refractivity contribution < 1.29 is 13.2 Å². The molecule has 3 N–H and O–H groups in total. The summed E-state index contributed by atoms with van der Waals surface area (Å²) in [5.41, 5.74) is 6.12. The zero-order chi connectivity index (χ0) is 14.8. The summed E-state index contributed by atoms with van der Waals surface area (Å²) < 4.78 is 33.1. The lowest BCUT2D eigenvalue weighted by atomic mass is 10.2. The molecule has 0 radical (unpaired) electrons. The van der Waals surface area contributed by atoms with Crippen molar-refractivity contribution in [2.45, 2.75) is 23.0 Å². The zero-order valence-electron chi connectivity index (χ0n) is 11.1. The van der Waals surface area contributed by atoms with Gasteiger partial charge in [-0.05, 0) is 46.7 Å². The Kier molecular flexibility index (Phi) is 5.22. The second-order valence-electron chi connectivity index (χ2n) is 4.51.